The smallest absolute Gasteiger partial charge is 0.0513 e. The minimum Gasteiger partial charge on any atom is -0.381 e. The minimum atomic E-state index is 0.484. The van der Waals surface area contributed by atoms with Gasteiger partial charge in [-0.1, -0.05) is 6.92 Å². The van der Waals surface area contributed by atoms with E-state index in [1.165, 1.54) is 16.2 Å². The molecule has 0 spiro atoms. The number of hydrogen-bond acceptors (Lipinski definition) is 3. The van der Waals surface area contributed by atoms with E-state index in [1.54, 1.807) is 0 Å². The number of nitrogens with one attached hydrogen (secondary N) is 1. The molecule has 0 amide bonds. The fraction of sp³-hybridized carbons (Fsp3) is 0.667. The number of rotatable bonds is 4. The maximum atomic E-state index is 5.46. The van der Waals surface area contributed by atoms with Crippen molar-refractivity contribution >= 4 is 11.3 Å². The van der Waals surface area contributed by atoms with Gasteiger partial charge in [-0.25, -0.2) is 0 Å². The molecule has 1 aliphatic heterocycles. The van der Waals surface area contributed by atoms with E-state index in [-0.39, 0.29) is 0 Å². The maximum Gasteiger partial charge on any atom is 0.0513 e. The van der Waals surface area contributed by atoms with E-state index in [0.29, 0.717) is 12.0 Å². The van der Waals surface area contributed by atoms with Gasteiger partial charge >= 0.3 is 0 Å². The van der Waals surface area contributed by atoms with E-state index < -0.39 is 0 Å². The Labute approximate surface area is 95.6 Å². The highest BCUT2D eigenvalue weighted by Gasteiger charge is 2.26. The summed E-state index contributed by atoms with van der Waals surface area (Å²) < 4.78 is 5.46. The Bertz CT molecular complexity index is 304. The summed E-state index contributed by atoms with van der Waals surface area (Å²) in [7, 11) is 2.05. The molecular formula is C12H19NOS. The van der Waals surface area contributed by atoms with Crippen molar-refractivity contribution < 1.29 is 4.74 Å². The van der Waals surface area contributed by atoms with Crippen LogP contribution in [0.3, 0.4) is 0 Å². The van der Waals surface area contributed by atoms with E-state index in [9.17, 15) is 0 Å². The normalized spacial score (nSPS) is 23.2. The van der Waals surface area contributed by atoms with Gasteiger partial charge in [0.1, 0.15) is 0 Å². The van der Waals surface area contributed by atoms with Crippen LogP contribution in [0.5, 0.6) is 0 Å². The zero-order valence-corrected chi connectivity index (χ0v) is 10.3. The van der Waals surface area contributed by atoms with Gasteiger partial charge in [-0.3, -0.25) is 0 Å². The molecule has 0 aliphatic carbocycles. The zero-order valence-electron chi connectivity index (χ0n) is 9.45. The van der Waals surface area contributed by atoms with Gasteiger partial charge in [-0.15, -0.1) is 11.3 Å². The summed E-state index contributed by atoms with van der Waals surface area (Å²) in [4.78, 5) is 2.94. The van der Waals surface area contributed by atoms with Crippen molar-refractivity contribution in [3.8, 4) is 0 Å². The lowest BCUT2D eigenvalue weighted by Crippen LogP contribution is -2.24. The SMILES string of the molecule is CCc1ccc(C(NC)C2CCOC2)s1. The van der Waals surface area contributed by atoms with E-state index in [0.717, 1.165) is 19.6 Å². The Balaban J connectivity index is 2.10. The molecule has 1 aromatic rings. The molecule has 2 unspecified atom stereocenters. The highest BCUT2D eigenvalue weighted by atomic mass is 32.1. The van der Waals surface area contributed by atoms with Crippen molar-refractivity contribution in [1.82, 2.24) is 5.32 Å². The first-order valence-corrected chi connectivity index (χ1v) is 6.50. The standard InChI is InChI=1S/C12H19NOS/c1-3-10-4-5-11(15-10)12(13-2)9-6-7-14-8-9/h4-5,9,12-13H,3,6-8H2,1-2H3. The van der Waals surface area contributed by atoms with Crippen molar-refractivity contribution in [3.63, 3.8) is 0 Å². The predicted octanol–water partition coefficient (Wildman–Crippen LogP) is 2.61. The molecule has 0 bridgehead atoms. The van der Waals surface area contributed by atoms with E-state index in [4.69, 9.17) is 4.74 Å². The van der Waals surface area contributed by atoms with Crippen LogP contribution in [0.4, 0.5) is 0 Å². The Hall–Kier alpha value is -0.380. The van der Waals surface area contributed by atoms with Crippen LogP contribution in [-0.2, 0) is 11.2 Å². The summed E-state index contributed by atoms with van der Waals surface area (Å²) in [6.45, 7) is 4.04. The molecule has 0 saturated carbocycles. The third kappa shape index (κ3) is 2.41. The second kappa shape index (κ2) is 5.10. The summed E-state index contributed by atoms with van der Waals surface area (Å²) in [5, 5.41) is 3.43. The molecule has 0 radical (unpaired) electrons. The highest BCUT2D eigenvalue weighted by Crippen LogP contribution is 2.32. The molecule has 2 rings (SSSR count). The molecular weight excluding hydrogens is 206 g/mol. The predicted molar refractivity (Wildman–Crippen MR) is 64.4 cm³/mol. The van der Waals surface area contributed by atoms with Crippen LogP contribution in [0.2, 0.25) is 0 Å². The topological polar surface area (TPSA) is 21.3 Å². The average molecular weight is 225 g/mol. The second-order valence-electron chi connectivity index (χ2n) is 4.05. The summed E-state index contributed by atoms with van der Waals surface area (Å²) in [5.41, 5.74) is 0. The summed E-state index contributed by atoms with van der Waals surface area (Å²) in [5.74, 6) is 0.651. The second-order valence-corrected chi connectivity index (χ2v) is 5.25. The van der Waals surface area contributed by atoms with Gasteiger partial charge in [-0.05, 0) is 32.0 Å². The van der Waals surface area contributed by atoms with Crippen molar-refractivity contribution in [2.24, 2.45) is 5.92 Å². The molecule has 3 heteroatoms. The third-order valence-electron chi connectivity index (χ3n) is 3.08. The Morgan fingerprint density at radius 3 is 3.00 bits per heavy atom. The van der Waals surface area contributed by atoms with Gasteiger partial charge in [0.25, 0.3) is 0 Å². The van der Waals surface area contributed by atoms with Crippen LogP contribution in [0.25, 0.3) is 0 Å². The lowest BCUT2D eigenvalue weighted by atomic mass is 9.98. The van der Waals surface area contributed by atoms with Gasteiger partial charge in [0, 0.05) is 28.3 Å². The summed E-state index contributed by atoms with van der Waals surface area (Å²) in [6.07, 6.45) is 2.33. The van der Waals surface area contributed by atoms with Crippen molar-refractivity contribution in [1.29, 1.82) is 0 Å². The molecule has 1 N–H and O–H groups in total. The van der Waals surface area contributed by atoms with Crippen LogP contribution in [0, 0.1) is 5.92 Å². The molecule has 84 valence electrons. The summed E-state index contributed by atoms with van der Waals surface area (Å²) in [6, 6.07) is 5.00. The van der Waals surface area contributed by atoms with Crippen LogP contribution >= 0.6 is 11.3 Å². The molecule has 1 saturated heterocycles. The Kier molecular flexibility index (Phi) is 3.78. The first kappa shape index (κ1) is 11.1. The molecule has 2 heterocycles. The quantitative estimate of drug-likeness (QED) is 0.850. The zero-order chi connectivity index (χ0) is 10.7. The Morgan fingerprint density at radius 1 is 1.60 bits per heavy atom. The molecule has 1 fully saturated rings. The highest BCUT2D eigenvalue weighted by molar-refractivity contribution is 7.12. The minimum absolute atomic E-state index is 0.484. The van der Waals surface area contributed by atoms with Gasteiger partial charge in [0.15, 0.2) is 0 Å². The molecule has 1 aromatic heterocycles. The van der Waals surface area contributed by atoms with Crippen LogP contribution in [0.1, 0.15) is 29.1 Å². The van der Waals surface area contributed by atoms with Crippen LogP contribution in [0.15, 0.2) is 12.1 Å². The third-order valence-corrected chi connectivity index (χ3v) is 4.40. The van der Waals surface area contributed by atoms with Gasteiger partial charge < -0.3 is 10.1 Å². The van der Waals surface area contributed by atoms with Crippen LogP contribution < -0.4 is 5.32 Å². The molecule has 2 atom stereocenters. The average Bonchev–Trinajstić information content (AvgIpc) is 2.89. The first-order valence-electron chi connectivity index (χ1n) is 5.68. The number of aryl methyl sites for hydroxylation is 1. The first-order chi connectivity index (χ1) is 7.35. The lowest BCUT2D eigenvalue weighted by molar-refractivity contribution is 0.178. The number of thiophene rings is 1. The molecule has 1 aliphatic rings. The largest absolute Gasteiger partial charge is 0.381 e. The Morgan fingerprint density at radius 2 is 2.47 bits per heavy atom. The molecule has 0 aromatic carbocycles. The van der Waals surface area contributed by atoms with Crippen LogP contribution in [-0.4, -0.2) is 20.3 Å². The fourth-order valence-corrected chi connectivity index (χ4v) is 3.33. The molecule has 2 nitrogen and oxygen atoms in total. The van der Waals surface area contributed by atoms with Crippen molar-refractivity contribution in [3.05, 3.63) is 21.9 Å². The van der Waals surface area contributed by atoms with E-state index in [1.807, 2.05) is 18.4 Å². The molecule has 15 heavy (non-hydrogen) atoms. The number of ether oxygens (including phenoxy) is 1. The van der Waals surface area contributed by atoms with Crippen molar-refractivity contribution in [2.75, 3.05) is 20.3 Å². The van der Waals surface area contributed by atoms with E-state index in [2.05, 4.69) is 24.4 Å². The number of hydrogen-bond donors (Lipinski definition) is 1. The van der Waals surface area contributed by atoms with Gasteiger partial charge in [0.05, 0.1) is 6.61 Å². The fourth-order valence-electron chi connectivity index (χ4n) is 2.18. The van der Waals surface area contributed by atoms with Gasteiger partial charge in [0.2, 0.25) is 0 Å². The van der Waals surface area contributed by atoms with Gasteiger partial charge in [-0.2, -0.15) is 0 Å². The van der Waals surface area contributed by atoms with Crippen molar-refractivity contribution in [2.45, 2.75) is 25.8 Å². The van der Waals surface area contributed by atoms with E-state index >= 15 is 0 Å². The monoisotopic (exact) mass is 225 g/mol. The summed E-state index contributed by atoms with van der Waals surface area (Å²) >= 11 is 1.93. The maximum absolute atomic E-state index is 5.46. The lowest BCUT2D eigenvalue weighted by Gasteiger charge is -2.20.